The summed E-state index contributed by atoms with van der Waals surface area (Å²) in [5.41, 5.74) is 0.394. The van der Waals surface area contributed by atoms with Gasteiger partial charge in [-0.2, -0.15) is 0 Å². The quantitative estimate of drug-likeness (QED) is 0.423. The largest absolute Gasteiger partial charge is 0.478 e. The average molecular weight is 200 g/mol. The van der Waals surface area contributed by atoms with E-state index < -0.39 is 5.97 Å². The van der Waals surface area contributed by atoms with Crippen molar-refractivity contribution in [2.24, 2.45) is 0 Å². The van der Waals surface area contributed by atoms with Crippen molar-refractivity contribution in [3.63, 3.8) is 0 Å². The molecule has 14 heavy (non-hydrogen) atoms. The number of aliphatic carboxylic acids is 1. The zero-order valence-electron chi connectivity index (χ0n) is 9.13. The van der Waals surface area contributed by atoms with Crippen molar-refractivity contribution in [2.75, 3.05) is 13.1 Å². The fraction of sp³-hybridized carbons (Fsp3) is 0.700. The van der Waals surface area contributed by atoms with Crippen LogP contribution in [0.3, 0.4) is 0 Å². The van der Waals surface area contributed by atoms with Gasteiger partial charge in [0.25, 0.3) is 0 Å². The molecule has 0 aromatic rings. The van der Waals surface area contributed by atoms with Gasteiger partial charge in [-0.15, -0.1) is 0 Å². The predicted octanol–water partition coefficient (Wildman–Crippen LogP) is 0.952. The van der Waals surface area contributed by atoms with E-state index >= 15 is 0 Å². The van der Waals surface area contributed by atoms with Gasteiger partial charge in [0.15, 0.2) is 0 Å². The van der Waals surface area contributed by atoms with Crippen molar-refractivity contribution in [1.82, 2.24) is 10.6 Å². The van der Waals surface area contributed by atoms with E-state index in [-0.39, 0.29) is 6.17 Å². The summed E-state index contributed by atoms with van der Waals surface area (Å²) in [5.74, 6) is -0.850. The molecule has 0 heterocycles. The summed E-state index contributed by atoms with van der Waals surface area (Å²) in [5, 5.41) is 15.1. The van der Waals surface area contributed by atoms with Crippen LogP contribution >= 0.6 is 0 Å². The lowest BCUT2D eigenvalue weighted by molar-refractivity contribution is -0.132. The molecule has 0 amide bonds. The van der Waals surface area contributed by atoms with E-state index in [1.165, 1.54) is 0 Å². The molecular weight excluding hydrogens is 180 g/mol. The minimum absolute atomic E-state index is 0.166. The SMILES string of the molecule is CCNC(C/C=C(\C)C(=O)O)NCC. The first-order valence-electron chi connectivity index (χ1n) is 4.98. The van der Waals surface area contributed by atoms with E-state index in [4.69, 9.17) is 5.11 Å². The van der Waals surface area contributed by atoms with E-state index in [0.29, 0.717) is 12.0 Å². The van der Waals surface area contributed by atoms with Crippen molar-refractivity contribution in [2.45, 2.75) is 33.4 Å². The first kappa shape index (κ1) is 13.1. The maximum absolute atomic E-state index is 10.5. The number of rotatable bonds is 7. The Morgan fingerprint density at radius 3 is 2.21 bits per heavy atom. The molecule has 3 N–H and O–H groups in total. The molecule has 0 rings (SSSR count). The van der Waals surface area contributed by atoms with Crippen LogP contribution in [0.2, 0.25) is 0 Å². The zero-order valence-corrected chi connectivity index (χ0v) is 9.13. The molecular formula is C10H20N2O2. The van der Waals surface area contributed by atoms with Crippen LogP contribution in [0.25, 0.3) is 0 Å². The van der Waals surface area contributed by atoms with Crippen LogP contribution in [0, 0.1) is 0 Å². The number of carbonyl (C=O) groups is 1. The second-order valence-electron chi connectivity index (χ2n) is 3.10. The number of carboxylic acids is 1. The smallest absolute Gasteiger partial charge is 0.330 e. The van der Waals surface area contributed by atoms with Gasteiger partial charge in [0.05, 0.1) is 6.17 Å². The maximum Gasteiger partial charge on any atom is 0.330 e. The topological polar surface area (TPSA) is 61.4 Å². The zero-order chi connectivity index (χ0) is 11.0. The Hall–Kier alpha value is -0.870. The van der Waals surface area contributed by atoms with Crippen molar-refractivity contribution in [3.05, 3.63) is 11.6 Å². The van der Waals surface area contributed by atoms with Gasteiger partial charge >= 0.3 is 5.97 Å². The van der Waals surface area contributed by atoms with Crippen molar-refractivity contribution < 1.29 is 9.90 Å². The molecule has 0 fully saturated rings. The van der Waals surface area contributed by atoms with Gasteiger partial charge in [0, 0.05) is 5.57 Å². The number of carboxylic acid groups (broad SMARTS) is 1. The molecule has 4 nitrogen and oxygen atoms in total. The van der Waals surface area contributed by atoms with Crippen molar-refractivity contribution in [1.29, 1.82) is 0 Å². The van der Waals surface area contributed by atoms with Crippen LogP contribution in [0.15, 0.2) is 11.6 Å². The van der Waals surface area contributed by atoms with E-state index in [1.54, 1.807) is 13.0 Å². The van der Waals surface area contributed by atoms with Gasteiger partial charge in [0.2, 0.25) is 0 Å². The number of hydrogen-bond acceptors (Lipinski definition) is 3. The molecule has 0 radical (unpaired) electrons. The predicted molar refractivity (Wildman–Crippen MR) is 57.2 cm³/mol. The molecule has 4 heteroatoms. The second-order valence-corrected chi connectivity index (χ2v) is 3.10. The van der Waals surface area contributed by atoms with Gasteiger partial charge in [0.1, 0.15) is 0 Å². The van der Waals surface area contributed by atoms with Gasteiger partial charge < -0.3 is 15.7 Å². The van der Waals surface area contributed by atoms with Crippen LogP contribution < -0.4 is 10.6 Å². The lowest BCUT2D eigenvalue weighted by atomic mass is 10.2. The molecule has 0 aliphatic carbocycles. The Balaban J connectivity index is 4.02. The van der Waals surface area contributed by atoms with Crippen molar-refractivity contribution >= 4 is 5.97 Å². The van der Waals surface area contributed by atoms with Crippen LogP contribution in [0.1, 0.15) is 27.2 Å². The number of nitrogens with one attached hydrogen (secondary N) is 2. The monoisotopic (exact) mass is 200 g/mol. The fourth-order valence-corrected chi connectivity index (χ4v) is 1.11. The first-order chi connectivity index (χ1) is 6.61. The third kappa shape index (κ3) is 5.72. The van der Waals surface area contributed by atoms with Gasteiger partial charge in [-0.05, 0) is 26.4 Å². The summed E-state index contributed by atoms with van der Waals surface area (Å²) in [6.07, 6.45) is 2.59. The molecule has 0 aliphatic heterocycles. The summed E-state index contributed by atoms with van der Waals surface area (Å²) in [6.45, 7) is 7.41. The highest BCUT2D eigenvalue weighted by molar-refractivity contribution is 5.85. The molecule has 0 aliphatic rings. The molecule has 82 valence electrons. The summed E-state index contributed by atoms with van der Waals surface area (Å²) >= 11 is 0. The molecule has 0 saturated heterocycles. The molecule has 0 spiro atoms. The normalized spacial score (nSPS) is 12.1. The third-order valence-corrected chi connectivity index (χ3v) is 1.90. The molecule has 0 unspecified atom stereocenters. The Bertz CT molecular complexity index is 196. The van der Waals surface area contributed by atoms with Crippen LogP contribution in [0.4, 0.5) is 0 Å². The third-order valence-electron chi connectivity index (χ3n) is 1.90. The summed E-state index contributed by atoms with van der Waals surface area (Å²) < 4.78 is 0. The molecule has 0 bridgehead atoms. The van der Waals surface area contributed by atoms with E-state index in [1.807, 2.05) is 13.8 Å². The summed E-state index contributed by atoms with van der Waals surface area (Å²) in [7, 11) is 0. The molecule has 0 aromatic carbocycles. The maximum atomic E-state index is 10.5. The number of hydrogen-bond donors (Lipinski definition) is 3. The van der Waals surface area contributed by atoms with E-state index in [2.05, 4.69) is 10.6 Å². The van der Waals surface area contributed by atoms with Crippen LogP contribution in [-0.2, 0) is 4.79 Å². The molecule has 0 aromatic heterocycles. The lowest BCUT2D eigenvalue weighted by Crippen LogP contribution is -2.41. The minimum atomic E-state index is -0.850. The fourth-order valence-electron chi connectivity index (χ4n) is 1.11. The van der Waals surface area contributed by atoms with Gasteiger partial charge in [-0.3, -0.25) is 0 Å². The Morgan fingerprint density at radius 1 is 1.36 bits per heavy atom. The van der Waals surface area contributed by atoms with E-state index in [9.17, 15) is 4.79 Å². The minimum Gasteiger partial charge on any atom is -0.478 e. The average Bonchev–Trinajstić information content (AvgIpc) is 2.14. The Morgan fingerprint density at radius 2 is 1.86 bits per heavy atom. The lowest BCUT2D eigenvalue weighted by Gasteiger charge is -2.16. The van der Waals surface area contributed by atoms with Crippen molar-refractivity contribution in [3.8, 4) is 0 Å². The highest BCUT2D eigenvalue weighted by atomic mass is 16.4. The Kier molecular flexibility index (Phi) is 7.06. The van der Waals surface area contributed by atoms with Gasteiger partial charge in [-0.1, -0.05) is 19.9 Å². The second kappa shape index (κ2) is 7.53. The summed E-state index contributed by atoms with van der Waals surface area (Å²) in [4.78, 5) is 10.5. The molecule has 0 atom stereocenters. The standard InChI is InChI=1S/C10H20N2O2/c1-4-11-9(12-5-2)7-6-8(3)10(13)14/h6,9,11-12H,4-5,7H2,1-3H3,(H,13,14)/b8-6+. The highest BCUT2D eigenvalue weighted by Gasteiger charge is 2.04. The van der Waals surface area contributed by atoms with Gasteiger partial charge in [-0.25, -0.2) is 4.79 Å². The highest BCUT2D eigenvalue weighted by Crippen LogP contribution is 1.97. The van der Waals surface area contributed by atoms with E-state index in [0.717, 1.165) is 13.1 Å². The summed E-state index contributed by atoms with van der Waals surface area (Å²) in [6, 6.07) is 0. The Labute approximate surface area is 85.4 Å². The molecule has 0 saturated carbocycles. The van der Waals surface area contributed by atoms with Crippen LogP contribution in [-0.4, -0.2) is 30.3 Å². The van der Waals surface area contributed by atoms with Crippen LogP contribution in [0.5, 0.6) is 0 Å². The first-order valence-corrected chi connectivity index (χ1v) is 4.98.